The number of unbranched alkanes of at least 4 members (excludes halogenated alkanes) is 1. The number of epoxide rings is 1. The Morgan fingerprint density at radius 3 is 1.78 bits per heavy atom. The molecule has 9 heteroatoms. The van der Waals surface area contributed by atoms with Crippen LogP contribution in [0.2, 0.25) is 0 Å². The quantitative estimate of drug-likeness (QED) is 0.106. The van der Waals surface area contributed by atoms with Gasteiger partial charge in [-0.3, -0.25) is 9.59 Å². The van der Waals surface area contributed by atoms with Gasteiger partial charge in [-0.25, -0.2) is 4.79 Å². The first kappa shape index (κ1) is 30.7. The first-order valence-electron chi connectivity index (χ1n) is 11.3. The summed E-state index contributed by atoms with van der Waals surface area (Å²) in [7, 11) is 0. The van der Waals surface area contributed by atoms with E-state index in [0.29, 0.717) is 24.8 Å². The number of carboxylic acid groups (broad SMARTS) is 1. The fourth-order valence-electron chi connectivity index (χ4n) is 2.83. The standard InChI is InChI=1S/C15H16O2.C9H12O5.C3H5ClO/c1-15(2,11-3-7-13(16)8-4-11)12-5-9-14(17)10-6-12;1-2-8(12)14-9(13)6-4-3-5-7(10)11;4-1-3-2-5-3/h3-10,16-17H,1-2H3;2H,1,3-6H2,(H,10,11);3H,1-2H2. The zero-order valence-corrected chi connectivity index (χ0v) is 21.2. The number of hydrogen-bond donors (Lipinski definition) is 3. The van der Waals surface area contributed by atoms with Crippen molar-refractivity contribution < 1.29 is 39.2 Å². The monoisotopic (exact) mass is 520 g/mol. The minimum Gasteiger partial charge on any atom is -0.508 e. The number of hydrogen-bond acceptors (Lipinski definition) is 7. The van der Waals surface area contributed by atoms with Gasteiger partial charge in [0.15, 0.2) is 0 Å². The highest BCUT2D eigenvalue weighted by Gasteiger charge is 2.22. The third kappa shape index (κ3) is 12.4. The van der Waals surface area contributed by atoms with Crippen LogP contribution in [0.3, 0.4) is 0 Å². The Labute approximate surface area is 216 Å². The Morgan fingerprint density at radius 2 is 1.44 bits per heavy atom. The molecule has 1 unspecified atom stereocenters. The van der Waals surface area contributed by atoms with Crippen molar-refractivity contribution in [3.8, 4) is 11.5 Å². The van der Waals surface area contributed by atoms with Crippen LogP contribution < -0.4 is 0 Å². The molecule has 1 aliphatic heterocycles. The number of esters is 2. The molecule has 0 amide bonds. The third-order valence-electron chi connectivity index (χ3n) is 5.16. The zero-order valence-electron chi connectivity index (χ0n) is 20.5. The Balaban J connectivity index is 0.000000306. The summed E-state index contributed by atoms with van der Waals surface area (Å²) >= 11 is 5.27. The van der Waals surface area contributed by atoms with Crippen molar-refractivity contribution in [3.63, 3.8) is 0 Å². The number of aromatic hydroxyl groups is 2. The van der Waals surface area contributed by atoms with Gasteiger partial charge < -0.3 is 24.8 Å². The van der Waals surface area contributed by atoms with Crippen molar-refractivity contribution in [2.24, 2.45) is 0 Å². The number of carboxylic acids is 1. The number of phenols is 2. The summed E-state index contributed by atoms with van der Waals surface area (Å²) in [5.74, 6) is -1.13. The molecule has 0 bridgehead atoms. The molecule has 1 saturated heterocycles. The molecule has 8 nitrogen and oxygen atoms in total. The van der Waals surface area contributed by atoms with Gasteiger partial charge in [-0.05, 0) is 48.2 Å². The van der Waals surface area contributed by atoms with Crippen molar-refractivity contribution in [3.05, 3.63) is 72.3 Å². The lowest BCUT2D eigenvalue weighted by molar-refractivity contribution is -0.156. The van der Waals surface area contributed by atoms with Crippen molar-refractivity contribution in [1.82, 2.24) is 0 Å². The van der Waals surface area contributed by atoms with E-state index in [1.54, 1.807) is 24.3 Å². The van der Waals surface area contributed by atoms with E-state index in [4.69, 9.17) is 21.4 Å². The minimum atomic E-state index is -0.902. The summed E-state index contributed by atoms with van der Waals surface area (Å²) in [6, 6.07) is 14.4. The van der Waals surface area contributed by atoms with Crippen LogP contribution in [0.1, 0.15) is 50.7 Å². The maximum atomic E-state index is 10.8. The number of ether oxygens (including phenoxy) is 2. The molecule has 2 aromatic carbocycles. The van der Waals surface area contributed by atoms with Crippen molar-refractivity contribution in [2.45, 2.75) is 51.0 Å². The van der Waals surface area contributed by atoms with Crippen molar-refractivity contribution >= 4 is 29.5 Å². The first-order valence-corrected chi connectivity index (χ1v) is 11.9. The van der Waals surface area contributed by atoms with Gasteiger partial charge in [0.05, 0.1) is 18.6 Å². The summed E-state index contributed by atoms with van der Waals surface area (Å²) in [6.45, 7) is 8.24. The van der Waals surface area contributed by atoms with Crippen LogP contribution in [0, 0.1) is 0 Å². The largest absolute Gasteiger partial charge is 0.508 e. The van der Waals surface area contributed by atoms with E-state index in [1.807, 2.05) is 24.3 Å². The van der Waals surface area contributed by atoms with Crippen molar-refractivity contribution in [1.29, 1.82) is 0 Å². The molecule has 1 atom stereocenters. The van der Waals surface area contributed by atoms with Crippen LogP contribution in [0.25, 0.3) is 0 Å². The van der Waals surface area contributed by atoms with Crippen LogP contribution in [-0.4, -0.2) is 51.8 Å². The van der Waals surface area contributed by atoms with E-state index in [9.17, 15) is 24.6 Å². The van der Waals surface area contributed by atoms with Gasteiger partial charge in [0.1, 0.15) is 11.5 Å². The normalized spacial score (nSPS) is 13.7. The highest BCUT2D eigenvalue weighted by Crippen LogP contribution is 2.32. The summed E-state index contributed by atoms with van der Waals surface area (Å²) < 4.78 is 8.99. The van der Waals surface area contributed by atoms with Crippen LogP contribution >= 0.6 is 11.6 Å². The van der Waals surface area contributed by atoms with Gasteiger partial charge in [-0.15, -0.1) is 11.6 Å². The molecule has 0 saturated carbocycles. The first-order chi connectivity index (χ1) is 17.0. The second kappa shape index (κ2) is 15.6. The van der Waals surface area contributed by atoms with Crippen LogP contribution in [0.4, 0.5) is 0 Å². The Morgan fingerprint density at radius 1 is 1.00 bits per heavy atom. The second-order valence-corrected chi connectivity index (χ2v) is 8.74. The van der Waals surface area contributed by atoms with Gasteiger partial charge in [0.2, 0.25) is 0 Å². The number of carbonyl (C=O) groups is 3. The van der Waals surface area contributed by atoms with E-state index in [0.717, 1.165) is 23.8 Å². The lowest BCUT2D eigenvalue weighted by Crippen LogP contribution is -2.18. The number of alkyl halides is 1. The number of phenolic OH excluding ortho intramolecular Hbond substituents is 2. The maximum Gasteiger partial charge on any atom is 0.337 e. The van der Waals surface area contributed by atoms with Gasteiger partial charge in [-0.2, -0.15) is 0 Å². The predicted octanol–water partition coefficient (Wildman–Crippen LogP) is 4.93. The second-order valence-electron chi connectivity index (χ2n) is 8.43. The summed E-state index contributed by atoms with van der Waals surface area (Å²) in [5.41, 5.74) is 2.10. The fraction of sp³-hybridized carbons (Fsp3) is 0.370. The topological polar surface area (TPSA) is 134 Å². The highest BCUT2D eigenvalue weighted by molar-refractivity contribution is 6.18. The molecule has 0 aromatic heterocycles. The molecule has 36 heavy (non-hydrogen) atoms. The summed E-state index contributed by atoms with van der Waals surface area (Å²) in [6.07, 6.45) is 2.16. The van der Waals surface area contributed by atoms with Gasteiger partial charge in [0.25, 0.3) is 0 Å². The number of rotatable bonds is 9. The summed E-state index contributed by atoms with van der Waals surface area (Å²) in [5, 5.41) is 26.9. The number of halogens is 1. The van der Waals surface area contributed by atoms with Crippen molar-refractivity contribution in [2.75, 3.05) is 12.5 Å². The van der Waals surface area contributed by atoms with E-state index in [2.05, 4.69) is 25.2 Å². The smallest absolute Gasteiger partial charge is 0.337 e. The van der Waals surface area contributed by atoms with E-state index in [1.165, 1.54) is 0 Å². The molecule has 1 aliphatic rings. The molecule has 0 spiro atoms. The SMILES string of the molecule is C=CC(=O)OC(=O)CCCCC(=O)O.CC(C)(c1ccc(O)cc1)c1ccc(O)cc1.ClCC1CO1. The molecule has 2 aromatic rings. The lowest BCUT2D eigenvalue weighted by Gasteiger charge is -2.26. The zero-order chi connectivity index (χ0) is 27.1. The van der Waals surface area contributed by atoms with E-state index in [-0.39, 0.29) is 29.8 Å². The Bertz CT molecular complexity index is 932. The Hall–Kier alpha value is -3.36. The lowest BCUT2D eigenvalue weighted by atomic mass is 9.78. The van der Waals surface area contributed by atoms with Crippen LogP contribution in [0.15, 0.2) is 61.2 Å². The third-order valence-corrected chi connectivity index (χ3v) is 5.50. The average Bonchev–Trinajstić information content (AvgIpc) is 3.68. The molecule has 1 fully saturated rings. The highest BCUT2D eigenvalue weighted by atomic mass is 35.5. The minimum absolute atomic E-state index is 0.0166. The van der Waals surface area contributed by atoms with Crippen LogP contribution in [0.5, 0.6) is 11.5 Å². The molecule has 3 rings (SSSR count). The molecule has 1 heterocycles. The van der Waals surface area contributed by atoms with Gasteiger partial charge in [-0.1, -0.05) is 44.7 Å². The maximum absolute atomic E-state index is 10.8. The predicted molar refractivity (Wildman–Crippen MR) is 136 cm³/mol. The summed E-state index contributed by atoms with van der Waals surface area (Å²) in [4.78, 5) is 31.4. The molecule has 0 radical (unpaired) electrons. The van der Waals surface area contributed by atoms with Gasteiger partial charge in [0, 0.05) is 24.3 Å². The number of aliphatic carboxylic acids is 1. The molecule has 3 N–H and O–H groups in total. The van der Waals surface area contributed by atoms with E-state index < -0.39 is 17.9 Å². The number of carbonyl (C=O) groups excluding carboxylic acids is 2. The molecular formula is C27H33ClO8. The Kier molecular flexibility index (Phi) is 13.3. The molecule has 196 valence electrons. The van der Waals surface area contributed by atoms with Crippen LogP contribution in [-0.2, 0) is 29.3 Å². The number of benzene rings is 2. The van der Waals surface area contributed by atoms with Gasteiger partial charge >= 0.3 is 17.9 Å². The average molecular weight is 521 g/mol. The van der Waals surface area contributed by atoms with E-state index >= 15 is 0 Å². The fourth-order valence-corrected chi connectivity index (χ4v) is 3.01. The molecular weight excluding hydrogens is 488 g/mol. The molecule has 0 aliphatic carbocycles.